The van der Waals surface area contributed by atoms with Crippen LogP contribution in [0.15, 0.2) is 42.5 Å². The van der Waals surface area contributed by atoms with Crippen molar-refractivity contribution in [2.75, 3.05) is 20.8 Å². The van der Waals surface area contributed by atoms with Gasteiger partial charge in [0.05, 0.1) is 27.2 Å². The summed E-state index contributed by atoms with van der Waals surface area (Å²) in [6.07, 6.45) is -0.204. The zero-order chi connectivity index (χ0) is 21.7. The molecule has 1 aliphatic rings. The van der Waals surface area contributed by atoms with Crippen LogP contribution >= 0.6 is 0 Å². The van der Waals surface area contributed by atoms with E-state index in [9.17, 15) is 9.59 Å². The Hall–Kier alpha value is -3.06. The minimum Gasteiger partial charge on any atom is -0.493 e. The van der Waals surface area contributed by atoms with E-state index in [0.29, 0.717) is 24.7 Å². The first-order valence-electron chi connectivity index (χ1n) is 9.96. The molecule has 0 fully saturated rings. The number of rotatable bonds is 8. The average molecular weight is 412 g/mol. The molecule has 2 unspecified atom stereocenters. The van der Waals surface area contributed by atoms with E-state index in [0.717, 1.165) is 16.7 Å². The summed E-state index contributed by atoms with van der Waals surface area (Å²) in [5.74, 6) is 0.773. The summed E-state index contributed by atoms with van der Waals surface area (Å²) in [6, 6.07) is 13.3. The van der Waals surface area contributed by atoms with E-state index >= 15 is 0 Å². The van der Waals surface area contributed by atoms with E-state index in [1.807, 2.05) is 49.4 Å². The van der Waals surface area contributed by atoms with Gasteiger partial charge >= 0.3 is 5.97 Å². The van der Waals surface area contributed by atoms with Crippen molar-refractivity contribution in [3.05, 3.63) is 59.2 Å². The molecule has 2 atom stereocenters. The maximum atomic E-state index is 12.3. The fourth-order valence-electron chi connectivity index (χ4n) is 3.89. The summed E-state index contributed by atoms with van der Waals surface area (Å²) in [5, 5.41) is 3.03. The molecule has 3 rings (SSSR count). The molecule has 7 heteroatoms. The number of fused-ring (bicyclic) bond motifs is 1. The number of nitrogens with one attached hydrogen (secondary N) is 1. The van der Waals surface area contributed by atoms with Gasteiger partial charge in [-0.3, -0.25) is 14.5 Å². The highest BCUT2D eigenvalue weighted by Gasteiger charge is 2.37. The summed E-state index contributed by atoms with van der Waals surface area (Å²) in [7, 11) is 2.97. The first-order valence-corrected chi connectivity index (χ1v) is 9.96. The zero-order valence-corrected chi connectivity index (χ0v) is 17.8. The van der Waals surface area contributed by atoms with Crippen LogP contribution in [0.3, 0.4) is 0 Å². The predicted molar refractivity (Wildman–Crippen MR) is 112 cm³/mol. The maximum Gasteiger partial charge on any atom is 0.307 e. The molecule has 160 valence electrons. The molecule has 0 spiro atoms. The van der Waals surface area contributed by atoms with Crippen molar-refractivity contribution in [3.63, 3.8) is 0 Å². The van der Waals surface area contributed by atoms with E-state index in [-0.39, 0.29) is 30.5 Å². The molecule has 30 heavy (non-hydrogen) atoms. The van der Waals surface area contributed by atoms with Crippen LogP contribution in [-0.4, -0.2) is 37.6 Å². The predicted octanol–water partition coefficient (Wildman–Crippen LogP) is 3.35. The van der Waals surface area contributed by atoms with Crippen molar-refractivity contribution in [1.29, 1.82) is 0 Å². The van der Waals surface area contributed by atoms with Crippen molar-refractivity contribution in [2.45, 2.75) is 39.0 Å². The smallest absolute Gasteiger partial charge is 0.307 e. The van der Waals surface area contributed by atoms with Crippen LogP contribution in [0.4, 0.5) is 0 Å². The normalized spacial score (nSPS) is 16.5. The standard InChI is InChI=1S/C23H28N2O5/c1-5-30-21-12-16(10-11-20(21)28-3)19(13-22(27)29-4)25-14-17-8-6-7-9-18(17)23(25)24-15(2)26/h6-12,19,23H,5,13-14H2,1-4H3,(H,24,26). The van der Waals surface area contributed by atoms with Gasteiger partial charge in [0.2, 0.25) is 5.91 Å². The summed E-state index contributed by atoms with van der Waals surface area (Å²) in [6.45, 7) is 4.49. The second-order valence-electron chi connectivity index (χ2n) is 7.11. The van der Waals surface area contributed by atoms with E-state index in [4.69, 9.17) is 14.2 Å². The Balaban J connectivity index is 2.04. The van der Waals surface area contributed by atoms with Crippen molar-refractivity contribution < 1.29 is 23.8 Å². The monoisotopic (exact) mass is 412 g/mol. The van der Waals surface area contributed by atoms with Crippen LogP contribution in [0.5, 0.6) is 11.5 Å². The number of amides is 1. The molecule has 1 N–H and O–H groups in total. The number of hydrogen-bond donors (Lipinski definition) is 1. The lowest BCUT2D eigenvalue weighted by atomic mass is 10.0. The second-order valence-corrected chi connectivity index (χ2v) is 7.11. The number of benzene rings is 2. The Morgan fingerprint density at radius 2 is 1.93 bits per heavy atom. The second kappa shape index (κ2) is 9.63. The number of hydrogen-bond acceptors (Lipinski definition) is 6. The number of methoxy groups -OCH3 is 2. The lowest BCUT2D eigenvalue weighted by molar-refractivity contribution is -0.142. The zero-order valence-electron chi connectivity index (χ0n) is 17.8. The summed E-state index contributed by atoms with van der Waals surface area (Å²) in [4.78, 5) is 26.4. The minimum absolute atomic E-state index is 0.136. The van der Waals surface area contributed by atoms with Gasteiger partial charge in [-0.2, -0.15) is 0 Å². The first-order chi connectivity index (χ1) is 14.5. The van der Waals surface area contributed by atoms with Gasteiger partial charge in [0.1, 0.15) is 6.17 Å². The molecule has 1 heterocycles. The van der Waals surface area contributed by atoms with Crippen LogP contribution in [0.25, 0.3) is 0 Å². The molecule has 2 aromatic carbocycles. The Morgan fingerprint density at radius 3 is 2.60 bits per heavy atom. The third-order valence-electron chi connectivity index (χ3n) is 5.23. The molecule has 0 radical (unpaired) electrons. The number of ether oxygens (including phenoxy) is 3. The number of carbonyl (C=O) groups is 2. The molecule has 0 aliphatic carbocycles. The maximum absolute atomic E-state index is 12.3. The van der Waals surface area contributed by atoms with Crippen LogP contribution in [-0.2, 0) is 20.9 Å². The van der Waals surface area contributed by atoms with Gasteiger partial charge in [-0.25, -0.2) is 0 Å². The van der Waals surface area contributed by atoms with E-state index in [2.05, 4.69) is 10.2 Å². The van der Waals surface area contributed by atoms with Crippen LogP contribution < -0.4 is 14.8 Å². The van der Waals surface area contributed by atoms with Crippen LogP contribution in [0.1, 0.15) is 49.2 Å². The van der Waals surface area contributed by atoms with Gasteiger partial charge in [-0.05, 0) is 35.7 Å². The summed E-state index contributed by atoms with van der Waals surface area (Å²) < 4.78 is 16.1. The molecule has 7 nitrogen and oxygen atoms in total. The molecule has 1 amide bonds. The van der Waals surface area contributed by atoms with Gasteiger partial charge in [-0.15, -0.1) is 0 Å². The third kappa shape index (κ3) is 4.57. The van der Waals surface area contributed by atoms with Crippen molar-refractivity contribution >= 4 is 11.9 Å². The van der Waals surface area contributed by atoms with Gasteiger partial charge in [0.25, 0.3) is 0 Å². The molecule has 0 saturated carbocycles. The first kappa shape index (κ1) is 21.6. The van der Waals surface area contributed by atoms with Crippen molar-refractivity contribution in [1.82, 2.24) is 10.2 Å². The Kier molecular flexibility index (Phi) is 6.95. The summed E-state index contributed by atoms with van der Waals surface area (Å²) >= 11 is 0. The largest absolute Gasteiger partial charge is 0.493 e. The lowest BCUT2D eigenvalue weighted by Crippen LogP contribution is -2.39. The quantitative estimate of drug-likeness (QED) is 0.670. The number of nitrogens with zero attached hydrogens (tertiary/aromatic N) is 1. The fourth-order valence-corrected chi connectivity index (χ4v) is 3.89. The van der Waals surface area contributed by atoms with E-state index in [1.165, 1.54) is 14.0 Å². The molecule has 2 aromatic rings. The highest BCUT2D eigenvalue weighted by Crippen LogP contribution is 2.42. The highest BCUT2D eigenvalue weighted by atomic mass is 16.5. The van der Waals surface area contributed by atoms with Crippen LogP contribution in [0.2, 0.25) is 0 Å². The number of esters is 1. The van der Waals surface area contributed by atoms with Gasteiger partial charge in [0.15, 0.2) is 11.5 Å². The fraction of sp³-hybridized carbons (Fsp3) is 0.391. The Bertz CT molecular complexity index is 914. The molecule has 0 saturated heterocycles. The number of carbonyl (C=O) groups excluding carboxylic acids is 2. The SMILES string of the molecule is CCOc1cc(C(CC(=O)OC)N2Cc3ccccc3C2NC(C)=O)ccc1OC. The lowest BCUT2D eigenvalue weighted by Gasteiger charge is -2.33. The van der Waals surface area contributed by atoms with Crippen molar-refractivity contribution in [2.24, 2.45) is 0 Å². The summed E-state index contributed by atoms with van der Waals surface area (Å²) in [5.41, 5.74) is 3.03. The highest BCUT2D eigenvalue weighted by molar-refractivity contribution is 5.74. The van der Waals surface area contributed by atoms with Gasteiger partial charge in [-0.1, -0.05) is 30.3 Å². The van der Waals surface area contributed by atoms with Crippen molar-refractivity contribution in [3.8, 4) is 11.5 Å². The molecule has 0 aromatic heterocycles. The van der Waals surface area contributed by atoms with Crippen LogP contribution in [0, 0.1) is 0 Å². The molecule has 0 bridgehead atoms. The molecule has 1 aliphatic heterocycles. The third-order valence-corrected chi connectivity index (χ3v) is 5.23. The molecular weight excluding hydrogens is 384 g/mol. The Morgan fingerprint density at radius 1 is 1.17 bits per heavy atom. The molecular formula is C23H28N2O5. The topological polar surface area (TPSA) is 77.1 Å². The van der Waals surface area contributed by atoms with Gasteiger partial charge < -0.3 is 19.5 Å². The Labute approximate surface area is 176 Å². The van der Waals surface area contributed by atoms with E-state index in [1.54, 1.807) is 7.11 Å². The van der Waals surface area contributed by atoms with Gasteiger partial charge in [0, 0.05) is 19.5 Å². The minimum atomic E-state index is -0.342. The average Bonchev–Trinajstić information content (AvgIpc) is 3.09. The van der Waals surface area contributed by atoms with E-state index < -0.39 is 0 Å².